The van der Waals surface area contributed by atoms with Crippen molar-refractivity contribution in [3.63, 3.8) is 0 Å². The van der Waals surface area contributed by atoms with Crippen molar-refractivity contribution in [2.45, 2.75) is 6.92 Å². The molecule has 0 radical (unpaired) electrons. The highest BCUT2D eigenvalue weighted by Gasteiger charge is 2.11. The highest BCUT2D eigenvalue weighted by Crippen LogP contribution is 2.15. The van der Waals surface area contributed by atoms with E-state index in [0.717, 1.165) is 5.39 Å². The van der Waals surface area contributed by atoms with Crippen LogP contribution >= 0.6 is 0 Å². The molecule has 0 saturated heterocycles. The van der Waals surface area contributed by atoms with Crippen LogP contribution in [0.15, 0.2) is 30.7 Å². The molecule has 0 bridgehead atoms. The fraction of sp³-hybridized carbons (Fsp3) is 0.182. The van der Waals surface area contributed by atoms with Crippen LogP contribution in [0.2, 0.25) is 0 Å². The molecule has 0 saturated carbocycles. The molecule has 1 aromatic carbocycles. The lowest BCUT2D eigenvalue weighted by atomic mass is 10.1. The van der Waals surface area contributed by atoms with Gasteiger partial charge in [0.05, 0.1) is 17.7 Å². The first-order valence-electron chi connectivity index (χ1n) is 4.68. The maximum atomic E-state index is 11.6. The fourth-order valence-corrected chi connectivity index (χ4v) is 1.39. The Balaban J connectivity index is 2.56. The first-order valence-corrected chi connectivity index (χ1v) is 4.68. The van der Waals surface area contributed by atoms with Gasteiger partial charge in [-0.15, -0.1) is 0 Å². The van der Waals surface area contributed by atoms with Gasteiger partial charge in [-0.25, -0.2) is 14.8 Å². The largest absolute Gasteiger partial charge is 0.462 e. The van der Waals surface area contributed by atoms with E-state index in [0.29, 0.717) is 17.7 Å². The van der Waals surface area contributed by atoms with Gasteiger partial charge in [-0.2, -0.15) is 0 Å². The number of rotatable bonds is 2. The maximum absolute atomic E-state index is 11.6. The third-order valence-corrected chi connectivity index (χ3v) is 2.03. The van der Waals surface area contributed by atoms with Crippen LogP contribution in [-0.4, -0.2) is 22.5 Å². The molecule has 0 amide bonds. The van der Waals surface area contributed by atoms with Gasteiger partial charge in [0.15, 0.2) is 0 Å². The molecule has 76 valence electrons. The lowest BCUT2D eigenvalue weighted by Crippen LogP contribution is -2.05. The number of esters is 1. The van der Waals surface area contributed by atoms with Crippen LogP contribution in [0, 0.1) is 0 Å². The smallest absolute Gasteiger partial charge is 0.340 e. The van der Waals surface area contributed by atoms with Crippen molar-refractivity contribution in [1.29, 1.82) is 0 Å². The molecule has 1 aromatic heterocycles. The lowest BCUT2D eigenvalue weighted by Gasteiger charge is -2.03. The van der Waals surface area contributed by atoms with Gasteiger partial charge in [-0.3, -0.25) is 0 Å². The van der Waals surface area contributed by atoms with Gasteiger partial charge in [0.2, 0.25) is 0 Å². The molecule has 0 N–H and O–H groups in total. The summed E-state index contributed by atoms with van der Waals surface area (Å²) in [7, 11) is 0. The second-order valence-electron chi connectivity index (χ2n) is 2.99. The number of ether oxygens (including phenoxy) is 1. The zero-order valence-electron chi connectivity index (χ0n) is 8.30. The van der Waals surface area contributed by atoms with Crippen molar-refractivity contribution < 1.29 is 9.53 Å². The van der Waals surface area contributed by atoms with Crippen molar-refractivity contribution in [3.8, 4) is 0 Å². The lowest BCUT2D eigenvalue weighted by molar-refractivity contribution is 0.0528. The fourth-order valence-electron chi connectivity index (χ4n) is 1.39. The quantitative estimate of drug-likeness (QED) is 0.697. The van der Waals surface area contributed by atoms with E-state index in [1.165, 1.54) is 6.33 Å². The molecule has 0 aliphatic heterocycles. The van der Waals surface area contributed by atoms with E-state index in [1.807, 2.05) is 6.07 Å². The SMILES string of the molecule is CCOC(=O)c1cccc2cncnc12. The number of benzene rings is 1. The third-order valence-electron chi connectivity index (χ3n) is 2.03. The summed E-state index contributed by atoms with van der Waals surface area (Å²) in [5.74, 6) is -0.346. The molecule has 1 heterocycles. The Kier molecular flexibility index (Phi) is 2.58. The Labute approximate surface area is 86.9 Å². The van der Waals surface area contributed by atoms with Crippen molar-refractivity contribution in [3.05, 3.63) is 36.3 Å². The molecule has 0 atom stereocenters. The number of aromatic nitrogens is 2. The molecule has 0 aliphatic rings. The minimum Gasteiger partial charge on any atom is -0.462 e. The zero-order valence-corrected chi connectivity index (χ0v) is 8.30. The van der Waals surface area contributed by atoms with E-state index >= 15 is 0 Å². The molecule has 2 rings (SSSR count). The number of hydrogen-bond donors (Lipinski definition) is 0. The van der Waals surface area contributed by atoms with Crippen LogP contribution in [0.5, 0.6) is 0 Å². The number of carbonyl (C=O) groups excluding carboxylic acids is 1. The van der Waals surface area contributed by atoms with Crippen LogP contribution in [0.25, 0.3) is 10.9 Å². The number of hydrogen-bond acceptors (Lipinski definition) is 4. The van der Waals surface area contributed by atoms with Crippen molar-refractivity contribution in [1.82, 2.24) is 9.97 Å². The van der Waals surface area contributed by atoms with Crippen LogP contribution in [0.4, 0.5) is 0 Å². The summed E-state index contributed by atoms with van der Waals surface area (Å²) >= 11 is 0. The van der Waals surface area contributed by atoms with Gasteiger partial charge in [0.25, 0.3) is 0 Å². The van der Waals surface area contributed by atoms with E-state index in [-0.39, 0.29) is 5.97 Å². The molecule has 4 nitrogen and oxygen atoms in total. The normalized spacial score (nSPS) is 10.2. The summed E-state index contributed by atoms with van der Waals surface area (Å²) in [5.41, 5.74) is 1.11. The van der Waals surface area contributed by atoms with Gasteiger partial charge in [-0.1, -0.05) is 12.1 Å². The van der Waals surface area contributed by atoms with Crippen molar-refractivity contribution in [2.75, 3.05) is 6.61 Å². The molecule has 0 unspecified atom stereocenters. The first-order chi connectivity index (χ1) is 7.33. The highest BCUT2D eigenvalue weighted by atomic mass is 16.5. The van der Waals surface area contributed by atoms with Crippen LogP contribution in [0.1, 0.15) is 17.3 Å². The summed E-state index contributed by atoms with van der Waals surface area (Å²) in [4.78, 5) is 19.5. The van der Waals surface area contributed by atoms with Gasteiger partial charge in [-0.05, 0) is 13.0 Å². The predicted octanol–water partition coefficient (Wildman–Crippen LogP) is 1.81. The van der Waals surface area contributed by atoms with E-state index in [2.05, 4.69) is 9.97 Å². The number of nitrogens with zero attached hydrogens (tertiary/aromatic N) is 2. The second kappa shape index (κ2) is 4.04. The molecule has 0 spiro atoms. The molecule has 0 aliphatic carbocycles. The van der Waals surface area contributed by atoms with Crippen LogP contribution in [0.3, 0.4) is 0 Å². The minimum absolute atomic E-state index is 0.346. The molecular formula is C11H10N2O2. The molecule has 0 fully saturated rings. The van der Waals surface area contributed by atoms with Gasteiger partial charge in [0, 0.05) is 11.6 Å². The van der Waals surface area contributed by atoms with E-state index < -0.39 is 0 Å². The van der Waals surface area contributed by atoms with E-state index in [9.17, 15) is 4.79 Å². The average Bonchev–Trinajstić information content (AvgIpc) is 2.28. The third kappa shape index (κ3) is 1.79. The number of fused-ring (bicyclic) bond motifs is 1. The second-order valence-corrected chi connectivity index (χ2v) is 2.99. The zero-order chi connectivity index (χ0) is 10.7. The number of para-hydroxylation sites is 1. The Morgan fingerprint density at radius 1 is 1.47 bits per heavy atom. The standard InChI is InChI=1S/C11H10N2O2/c1-2-15-11(14)9-5-3-4-8-6-12-7-13-10(8)9/h3-7H,2H2,1H3. The molecule has 2 aromatic rings. The monoisotopic (exact) mass is 202 g/mol. The van der Waals surface area contributed by atoms with Crippen molar-refractivity contribution >= 4 is 16.9 Å². The summed E-state index contributed by atoms with van der Waals surface area (Å²) in [6, 6.07) is 5.35. The van der Waals surface area contributed by atoms with Crippen molar-refractivity contribution in [2.24, 2.45) is 0 Å². The Bertz CT molecular complexity index is 491. The van der Waals surface area contributed by atoms with Gasteiger partial charge >= 0.3 is 5.97 Å². The predicted molar refractivity (Wildman–Crippen MR) is 55.5 cm³/mol. The first kappa shape index (κ1) is 9.58. The van der Waals surface area contributed by atoms with E-state index in [1.54, 1.807) is 25.3 Å². The maximum Gasteiger partial charge on any atom is 0.340 e. The molecular weight excluding hydrogens is 192 g/mol. The molecule has 15 heavy (non-hydrogen) atoms. The molecule has 4 heteroatoms. The Hall–Kier alpha value is -1.97. The summed E-state index contributed by atoms with van der Waals surface area (Å²) in [6.07, 6.45) is 3.09. The minimum atomic E-state index is -0.346. The Morgan fingerprint density at radius 3 is 3.13 bits per heavy atom. The van der Waals surface area contributed by atoms with Crippen LogP contribution in [-0.2, 0) is 4.74 Å². The van der Waals surface area contributed by atoms with Gasteiger partial charge < -0.3 is 4.74 Å². The topological polar surface area (TPSA) is 52.1 Å². The summed E-state index contributed by atoms with van der Waals surface area (Å²) in [5, 5.41) is 0.836. The highest BCUT2D eigenvalue weighted by molar-refractivity contribution is 6.02. The summed E-state index contributed by atoms with van der Waals surface area (Å²) < 4.78 is 4.94. The average molecular weight is 202 g/mol. The summed E-state index contributed by atoms with van der Waals surface area (Å²) in [6.45, 7) is 2.14. The van der Waals surface area contributed by atoms with E-state index in [4.69, 9.17) is 4.74 Å². The van der Waals surface area contributed by atoms with Gasteiger partial charge in [0.1, 0.15) is 6.33 Å². The Morgan fingerprint density at radius 2 is 2.33 bits per heavy atom. The van der Waals surface area contributed by atoms with Crippen LogP contribution < -0.4 is 0 Å². The number of carbonyl (C=O) groups is 1.